The summed E-state index contributed by atoms with van der Waals surface area (Å²) in [5.74, 6) is 0.421. The monoisotopic (exact) mass is 312 g/mol. The molecule has 4 nitrogen and oxygen atoms in total. The first-order chi connectivity index (χ1) is 9.52. The van der Waals surface area contributed by atoms with Gasteiger partial charge in [0.2, 0.25) is 5.88 Å². The Labute approximate surface area is 127 Å². The second-order valence-corrected chi connectivity index (χ2v) is 4.99. The van der Waals surface area contributed by atoms with E-state index in [4.69, 9.17) is 27.9 Å². The van der Waals surface area contributed by atoms with Crippen LogP contribution in [0.25, 0.3) is 0 Å². The van der Waals surface area contributed by atoms with E-state index in [9.17, 15) is 5.11 Å². The Morgan fingerprint density at radius 1 is 1.25 bits per heavy atom. The lowest BCUT2D eigenvalue weighted by atomic mass is 10.2. The minimum absolute atomic E-state index is 0.415. The van der Waals surface area contributed by atoms with Gasteiger partial charge in [-0.25, -0.2) is 4.98 Å². The molecule has 0 bridgehead atoms. The molecule has 2 aromatic rings. The van der Waals surface area contributed by atoms with Crippen LogP contribution in [0.5, 0.6) is 5.88 Å². The van der Waals surface area contributed by atoms with Crippen molar-refractivity contribution in [1.29, 1.82) is 0 Å². The van der Waals surface area contributed by atoms with E-state index in [0.29, 0.717) is 27.3 Å². The SMILES string of the molecule is COc1cccc(C(O)Nc2c(Cl)ccc(C)c2Cl)n1. The zero-order valence-corrected chi connectivity index (χ0v) is 12.5. The van der Waals surface area contributed by atoms with Gasteiger partial charge in [0, 0.05) is 6.07 Å². The molecule has 0 amide bonds. The molecule has 20 heavy (non-hydrogen) atoms. The molecule has 0 fully saturated rings. The molecule has 2 rings (SSSR count). The number of aliphatic hydroxyl groups is 1. The highest BCUT2D eigenvalue weighted by atomic mass is 35.5. The average Bonchev–Trinajstić information content (AvgIpc) is 2.47. The summed E-state index contributed by atoms with van der Waals surface area (Å²) in [4.78, 5) is 4.15. The number of hydrogen-bond donors (Lipinski definition) is 2. The van der Waals surface area contributed by atoms with Crippen molar-refractivity contribution in [3.8, 4) is 5.88 Å². The van der Waals surface area contributed by atoms with Gasteiger partial charge < -0.3 is 15.2 Å². The maximum Gasteiger partial charge on any atom is 0.213 e. The molecule has 6 heteroatoms. The summed E-state index contributed by atoms with van der Waals surface area (Å²) in [6.45, 7) is 1.86. The number of nitrogens with zero attached hydrogens (tertiary/aromatic N) is 1. The molecule has 0 aliphatic rings. The minimum atomic E-state index is -1.04. The second kappa shape index (κ2) is 6.31. The molecule has 0 spiro atoms. The van der Waals surface area contributed by atoms with Gasteiger partial charge >= 0.3 is 0 Å². The van der Waals surface area contributed by atoms with Crippen molar-refractivity contribution < 1.29 is 9.84 Å². The summed E-state index contributed by atoms with van der Waals surface area (Å²) in [6.07, 6.45) is -1.04. The molecular weight excluding hydrogens is 299 g/mol. The third kappa shape index (κ3) is 3.15. The van der Waals surface area contributed by atoms with Crippen molar-refractivity contribution >= 4 is 28.9 Å². The molecule has 0 radical (unpaired) electrons. The molecule has 0 saturated carbocycles. The number of nitrogens with one attached hydrogen (secondary N) is 1. The van der Waals surface area contributed by atoms with Crippen LogP contribution in [0.1, 0.15) is 17.5 Å². The van der Waals surface area contributed by atoms with E-state index in [1.807, 2.05) is 13.0 Å². The summed E-state index contributed by atoms with van der Waals surface area (Å²) < 4.78 is 5.02. The number of rotatable bonds is 4. The lowest BCUT2D eigenvalue weighted by molar-refractivity contribution is 0.202. The highest BCUT2D eigenvalue weighted by Crippen LogP contribution is 2.34. The molecule has 0 aliphatic heterocycles. The molecule has 1 unspecified atom stereocenters. The molecule has 1 heterocycles. The van der Waals surface area contributed by atoms with E-state index in [2.05, 4.69) is 10.3 Å². The number of anilines is 1. The van der Waals surface area contributed by atoms with Crippen LogP contribution >= 0.6 is 23.2 Å². The maximum atomic E-state index is 10.2. The number of benzene rings is 1. The largest absolute Gasteiger partial charge is 0.481 e. The molecule has 1 aromatic carbocycles. The van der Waals surface area contributed by atoms with Crippen molar-refractivity contribution in [2.45, 2.75) is 13.2 Å². The van der Waals surface area contributed by atoms with Gasteiger partial charge in [-0.15, -0.1) is 0 Å². The quantitative estimate of drug-likeness (QED) is 0.843. The molecule has 0 saturated heterocycles. The Kier molecular flexibility index (Phi) is 4.70. The summed E-state index contributed by atoms with van der Waals surface area (Å²) in [7, 11) is 1.51. The van der Waals surface area contributed by atoms with Gasteiger partial charge in [-0.2, -0.15) is 0 Å². The van der Waals surface area contributed by atoms with Crippen LogP contribution < -0.4 is 10.1 Å². The standard InChI is InChI=1S/C14H14Cl2N2O2/c1-8-6-7-9(15)13(12(8)16)18-14(19)10-4-3-5-11(17-10)20-2/h3-7,14,18-19H,1-2H3. The molecule has 0 aliphatic carbocycles. The molecule has 1 aromatic heterocycles. The van der Waals surface area contributed by atoms with E-state index < -0.39 is 6.23 Å². The Bertz CT molecular complexity index is 620. The third-order valence-corrected chi connectivity index (χ3v) is 3.60. The van der Waals surface area contributed by atoms with Gasteiger partial charge in [0.15, 0.2) is 6.23 Å². The van der Waals surface area contributed by atoms with E-state index in [-0.39, 0.29) is 0 Å². The van der Waals surface area contributed by atoms with Gasteiger partial charge in [-0.3, -0.25) is 0 Å². The average molecular weight is 313 g/mol. The topological polar surface area (TPSA) is 54.4 Å². The number of pyridine rings is 1. The number of aromatic nitrogens is 1. The third-order valence-electron chi connectivity index (χ3n) is 2.80. The highest BCUT2D eigenvalue weighted by Gasteiger charge is 2.15. The van der Waals surface area contributed by atoms with Crippen molar-refractivity contribution in [3.05, 3.63) is 51.6 Å². The zero-order valence-electron chi connectivity index (χ0n) is 11.0. The van der Waals surface area contributed by atoms with Crippen LogP contribution in [0.2, 0.25) is 10.0 Å². The predicted octanol–water partition coefficient (Wildman–Crippen LogP) is 3.81. The number of methoxy groups -OCH3 is 1. The Hall–Kier alpha value is -1.49. The van der Waals surface area contributed by atoms with Crippen molar-refractivity contribution in [1.82, 2.24) is 4.98 Å². The van der Waals surface area contributed by atoms with Gasteiger partial charge in [0.1, 0.15) is 0 Å². The van der Waals surface area contributed by atoms with Crippen molar-refractivity contribution in [2.75, 3.05) is 12.4 Å². The van der Waals surface area contributed by atoms with E-state index >= 15 is 0 Å². The lowest BCUT2D eigenvalue weighted by Crippen LogP contribution is -2.12. The summed E-state index contributed by atoms with van der Waals surface area (Å²) >= 11 is 12.3. The number of ether oxygens (including phenoxy) is 1. The summed E-state index contributed by atoms with van der Waals surface area (Å²) in [5.41, 5.74) is 1.76. The first kappa shape index (κ1) is 14.9. The fourth-order valence-corrected chi connectivity index (χ4v) is 2.18. The smallest absolute Gasteiger partial charge is 0.213 e. The molecule has 106 valence electrons. The van der Waals surface area contributed by atoms with Crippen LogP contribution in [0.15, 0.2) is 30.3 Å². The van der Waals surface area contributed by atoms with Crippen molar-refractivity contribution in [3.63, 3.8) is 0 Å². The minimum Gasteiger partial charge on any atom is -0.481 e. The lowest BCUT2D eigenvalue weighted by Gasteiger charge is -2.17. The van der Waals surface area contributed by atoms with Gasteiger partial charge in [-0.05, 0) is 24.6 Å². The van der Waals surface area contributed by atoms with E-state index in [0.717, 1.165) is 5.56 Å². The van der Waals surface area contributed by atoms with Gasteiger partial charge in [-0.1, -0.05) is 35.3 Å². The van der Waals surface area contributed by atoms with Crippen molar-refractivity contribution in [2.24, 2.45) is 0 Å². The second-order valence-electron chi connectivity index (χ2n) is 4.20. The zero-order chi connectivity index (χ0) is 14.7. The highest BCUT2D eigenvalue weighted by molar-refractivity contribution is 6.39. The Balaban J connectivity index is 2.27. The number of hydrogen-bond acceptors (Lipinski definition) is 4. The molecule has 2 N–H and O–H groups in total. The normalized spacial score (nSPS) is 12.1. The Morgan fingerprint density at radius 2 is 2.00 bits per heavy atom. The van der Waals surface area contributed by atoms with Gasteiger partial charge in [0.25, 0.3) is 0 Å². The molecule has 1 atom stereocenters. The predicted molar refractivity (Wildman–Crippen MR) is 80.6 cm³/mol. The van der Waals surface area contributed by atoms with E-state index in [1.165, 1.54) is 7.11 Å². The maximum absolute atomic E-state index is 10.2. The van der Waals surface area contributed by atoms with Crippen LogP contribution in [0.3, 0.4) is 0 Å². The fourth-order valence-electron chi connectivity index (χ4n) is 1.70. The van der Waals surface area contributed by atoms with Crippen LogP contribution in [0.4, 0.5) is 5.69 Å². The first-order valence-corrected chi connectivity index (χ1v) is 6.68. The van der Waals surface area contributed by atoms with Crippen LogP contribution in [-0.2, 0) is 0 Å². The van der Waals surface area contributed by atoms with Crippen LogP contribution in [-0.4, -0.2) is 17.2 Å². The van der Waals surface area contributed by atoms with E-state index in [1.54, 1.807) is 24.3 Å². The molecular formula is C14H14Cl2N2O2. The number of aliphatic hydroxyl groups excluding tert-OH is 1. The number of halogens is 2. The Morgan fingerprint density at radius 3 is 2.70 bits per heavy atom. The number of aryl methyl sites for hydroxylation is 1. The van der Waals surface area contributed by atoms with Gasteiger partial charge in [0.05, 0.1) is 28.5 Å². The first-order valence-electron chi connectivity index (χ1n) is 5.93. The summed E-state index contributed by atoms with van der Waals surface area (Å²) in [6, 6.07) is 8.65. The van der Waals surface area contributed by atoms with Crippen LogP contribution in [0, 0.1) is 6.92 Å². The fraction of sp³-hybridized carbons (Fsp3) is 0.214. The summed E-state index contributed by atoms with van der Waals surface area (Å²) in [5, 5.41) is 14.0.